The molecule has 0 unspecified atom stereocenters. The maximum absolute atomic E-state index is 12.9. The number of halogens is 4. The molecule has 0 bridgehead atoms. The lowest BCUT2D eigenvalue weighted by molar-refractivity contribution is -0.0373. The van der Waals surface area contributed by atoms with Crippen molar-refractivity contribution < 1.29 is 22.7 Å². The third-order valence-electron chi connectivity index (χ3n) is 1.55. The number of aromatic nitrogens is 1. The molecule has 0 aromatic carbocycles. The summed E-state index contributed by atoms with van der Waals surface area (Å²) in [6.07, 6.45) is 0.697. The molecule has 7 heteroatoms. The summed E-state index contributed by atoms with van der Waals surface area (Å²) in [5, 5.41) is 10.2. The van der Waals surface area contributed by atoms with Crippen molar-refractivity contribution in [3.8, 4) is 0 Å². The number of anilines is 1. The molecule has 0 saturated carbocycles. The summed E-state index contributed by atoms with van der Waals surface area (Å²) in [5.41, 5.74) is 0. The third-order valence-corrected chi connectivity index (χ3v) is 1.55. The fourth-order valence-electron chi connectivity index (χ4n) is 0.814. The Morgan fingerprint density at radius 2 is 2.07 bits per heavy atom. The molecule has 0 aliphatic heterocycles. The topological polar surface area (TPSA) is 45.1 Å². The largest absolute Gasteiger partial charge is 0.390 e. The van der Waals surface area contributed by atoms with Crippen molar-refractivity contribution in [2.75, 3.05) is 18.5 Å². The van der Waals surface area contributed by atoms with Crippen molar-refractivity contribution in [1.29, 1.82) is 0 Å². The number of nitrogens with zero attached hydrogens (tertiary/aromatic N) is 1. The van der Waals surface area contributed by atoms with E-state index in [-0.39, 0.29) is 0 Å². The Bertz CT molecular complexity index is 345. The van der Waals surface area contributed by atoms with Crippen LogP contribution in [-0.2, 0) is 0 Å². The van der Waals surface area contributed by atoms with Crippen molar-refractivity contribution in [2.24, 2.45) is 0 Å². The second-order valence-corrected chi connectivity index (χ2v) is 2.85. The van der Waals surface area contributed by atoms with Crippen LogP contribution >= 0.6 is 0 Å². The zero-order valence-electron chi connectivity index (χ0n) is 7.48. The van der Waals surface area contributed by atoms with Gasteiger partial charge in [0.15, 0.2) is 11.6 Å². The van der Waals surface area contributed by atoms with E-state index in [1.54, 1.807) is 0 Å². The van der Waals surface area contributed by atoms with Crippen LogP contribution in [0, 0.1) is 11.6 Å². The van der Waals surface area contributed by atoms with E-state index in [4.69, 9.17) is 5.11 Å². The number of aliphatic hydroxyl groups excluding tert-OH is 1. The molecule has 0 radical (unpaired) electrons. The summed E-state index contributed by atoms with van der Waals surface area (Å²) in [4.78, 5) is 3.24. The Kier molecular flexibility index (Phi) is 3.46. The van der Waals surface area contributed by atoms with E-state index in [1.165, 1.54) is 0 Å². The lowest BCUT2D eigenvalue weighted by atomic mass is 10.3. The monoisotopic (exact) mass is 224 g/mol. The number of hydrogen-bond donors (Lipinski definition) is 2. The molecule has 0 atom stereocenters. The average molecular weight is 224 g/mol. The maximum Gasteiger partial charge on any atom is 0.287 e. The SMILES string of the molecule is OCC(F)(F)CNc1ncc(F)cc1F. The molecule has 1 aromatic rings. The van der Waals surface area contributed by atoms with Gasteiger partial charge in [0.05, 0.1) is 12.7 Å². The molecule has 2 N–H and O–H groups in total. The number of nitrogens with one attached hydrogen (secondary N) is 1. The van der Waals surface area contributed by atoms with Crippen LogP contribution in [0.15, 0.2) is 12.3 Å². The Morgan fingerprint density at radius 1 is 1.40 bits per heavy atom. The van der Waals surface area contributed by atoms with E-state index in [0.717, 1.165) is 0 Å². The lowest BCUT2D eigenvalue weighted by Gasteiger charge is -2.14. The van der Waals surface area contributed by atoms with Gasteiger partial charge in [0, 0.05) is 6.07 Å². The van der Waals surface area contributed by atoms with Gasteiger partial charge in [-0.15, -0.1) is 0 Å². The van der Waals surface area contributed by atoms with Gasteiger partial charge in [0.25, 0.3) is 5.92 Å². The van der Waals surface area contributed by atoms with Crippen LogP contribution < -0.4 is 5.32 Å². The minimum atomic E-state index is -3.37. The molecule has 1 rings (SSSR count). The van der Waals surface area contributed by atoms with Crippen molar-refractivity contribution >= 4 is 5.82 Å². The minimum Gasteiger partial charge on any atom is -0.390 e. The molecule has 0 aliphatic rings. The Morgan fingerprint density at radius 3 is 2.60 bits per heavy atom. The summed E-state index contributed by atoms with van der Waals surface area (Å²) >= 11 is 0. The quantitative estimate of drug-likeness (QED) is 0.760. The van der Waals surface area contributed by atoms with E-state index in [2.05, 4.69) is 4.98 Å². The molecule has 84 valence electrons. The molecule has 0 amide bonds. The molecule has 0 saturated heterocycles. The summed E-state index contributed by atoms with van der Waals surface area (Å²) in [6.45, 7) is -2.33. The predicted molar refractivity (Wildman–Crippen MR) is 44.7 cm³/mol. The van der Waals surface area contributed by atoms with Gasteiger partial charge in [-0.2, -0.15) is 0 Å². The van der Waals surface area contributed by atoms with Crippen LogP contribution in [0.2, 0.25) is 0 Å². The number of pyridine rings is 1. The Hall–Kier alpha value is -1.37. The van der Waals surface area contributed by atoms with Crippen LogP contribution in [0.3, 0.4) is 0 Å². The van der Waals surface area contributed by atoms with Gasteiger partial charge >= 0.3 is 0 Å². The fourth-order valence-corrected chi connectivity index (χ4v) is 0.814. The van der Waals surface area contributed by atoms with E-state index < -0.39 is 36.5 Å². The van der Waals surface area contributed by atoms with E-state index >= 15 is 0 Å². The fraction of sp³-hybridized carbons (Fsp3) is 0.375. The van der Waals surface area contributed by atoms with Crippen LogP contribution in [0.1, 0.15) is 0 Å². The standard InChI is InChI=1S/C8H8F4N2O/c9-5-1-6(10)7(13-2-5)14-3-8(11,12)4-15/h1-2,15H,3-4H2,(H,13,14). The van der Waals surface area contributed by atoms with Gasteiger partial charge in [-0.1, -0.05) is 0 Å². The first-order valence-corrected chi connectivity index (χ1v) is 3.98. The first-order chi connectivity index (χ1) is 6.94. The molecular weight excluding hydrogens is 216 g/mol. The number of rotatable bonds is 4. The first kappa shape index (κ1) is 11.7. The third kappa shape index (κ3) is 3.35. The summed E-state index contributed by atoms with van der Waals surface area (Å²) in [5.74, 6) is -5.82. The minimum absolute atomic E-state index is 0.482. The molecular formula is C8H8F4N2O. The van der Waals surface area contributed by atoms with Crippen LogP contribution in [-0.4, -0.2) is 29.2 Å². The van der Waals surface area contributed by atoms with E-state index in [9.17, 15) is 17.6 Å². The van der Waals surface area contributed by atoms with Crippen molar-refractivity contribution in [1.82, 2.24) is 4.98 Å². The molecule has 0 aliphatic carbocycles. The summed E-state index contributed by atoms with van der Waals surface area (Å²) in [6, 6.07) is 0.520. The number of alkyl halides is 2. The second kappa shape index (κ2) is 4.43. The van der Waals surface area contributed by atoms with Gasteiger partial charge in [0.2, 0.25) is 0 Å². The van der Waals surface area contributed by atoms with Gasteiger partial charge in [-0.25, -0.2) is 22.5 Å². The summed E-state index contributed by atoms with van der Waals surface area (Å²) in [7, 11) is 0. The van der Waals surface area contributed by atoms with Gasteiger partial charge < -0.3 is 10.4 Å². The van der Waals surface area contributed by atoms with Crippen molar-refractivity contribution in [2.45, 2.75) is 5.92 Å². The Balaban J connectivity index is 2.66. The van der Waals surface area contributed by atoms with Crippen molar-refractivity contribution in [3.63, 3.8) is 0 Å². The molecule has 1 aromatic heterocycles. The maximum atomic E-state index is 12.9. The van der Waals surface area contributed by atoms with Crippen molar-refractivity contribution in [3.05, 3.63) is 23.9 Å². The molecule has 1 heterocycles. The highest BCUT2D eigenvalue weighted by Crippen LogP contribution is 2.15. The summed E-state index contributed by atoms with van der Waals surface area (Å²) < 4.78 is 50.3. The lowest BCUT2D eigenvalue weighted by Crippen LogP contribution is -2.31. The van der Waals surface area contributed by atoms with Crippen LogP contribution in [0.25, 0.3) is 0 Å². The first-order valence-electron chi connectivity index (χ1n) is 3.98. The molecule has 0 fully saturated rings. The van der Waals surface area contributed by atoms with E-state index in [1.807, 2.05) is 5.32 Å². The Labute approximate surface area is 82.8 Å². The van der Waals surface area contributed by atoms with Crippen LogP contribution in [0.4, 0.5) is 23.4 Å². The highest BCUT2D eigenvalue weighted by Gasteiger charge is 2.27. The second-order valence-electron chi connectivity index (χ2n) is 2.85. The number of aliphatic hydroxyl groups is 1. The smallest absolute Gasteiger partial charge is 0.287 e. The molecule has 0 spiro atoms. The number of hydrogen-bond acceptors (Lipinski definition) is 3. The molecule has 3 nitrogen and oxygen atoms in total. The zero-order valence-corrected chi connectivity index (χ0v) is 7.48. The van der Waals surface area contributed by atoms with Gasteiger partial charge in [-0.05, 0) is 0 Å². The van der Waals surface area contributed by atoms with Crippen LogP contribution in [0.5, 0.6) is 0 Å². The van der Waals surface area contributed by atoms with Gasteiger partial charge in [0.1, 0.15) is 12.4 Å². The molecule has 15 heavy (non-hydrogen) atoms. The normalized spacial score (nSPS) is 11.5. The van der Waals surface area contributed by atoms with Gasteiger partial charge in [-0.3, -0.25) is 0 Å². The highest BCUT2D eigenvalue weighted by molar-refractivity contribution is 5.36. The van der Waals surface area contributed by atoms with E-state index in [0.29, 0.717) is 12.3 Å². The predicted octanol–water partition coefficient (Wildman–Crippen LogP) is 1.40. The average Bonchev–Trinajstić information content (AvgIpc) is 2.16. The highest BCUT2D eigenvalue weighted by atomic mass is 19.3. The zero-order chi connectivity index (χ0) is 11.5.